The molecule has 1 aromatic carbocycles. The summed E-state index contributed by atoms with van der Waals surface area (Å²) in [6.45, 7) is 4.62. The van der Waals surface area contributed by atoms with Crippen molar-refractivity contribution < 1.29 is 9.53 Å². The lowest BCUT2D eigenvalue weighted by molar-refractivity contribution is 0.113. The Bertz CT molecular complexity index is 1030. The zero-order chi connectivity index (χ0) is 18.4. The molecule has 1 spiro atoms. The zero-order valence-electron chi connectivity index (χ0n) is 15.4. The number of hydrogen-bond acceptors (Lipinski definition) is 4. The minimum Gasteiger partial charge on any atom is -0.450 e. The number of hydrogen-bond donors (Lipinski definition) is 0. The van der Waals surface area contributed by atoms with Crippen molar-refractivity contribution >= 4 is 17.0 Å². The van der Waals surface area contributed by atoms with Crippen molar-refractivity contribution in [2.75, 3.05) is 19.7 Å². The monoisotopic (exact) mass is 362 g/mol. The molecular weight excluding hydrogens is 340 g/mol. The number of para-hydroxylation sites is 1. The van der Waals surface area contributed by atoms with Gasteiger partial charge in [0.2, 0.25) is 0 Å². The van der Waals surface area contributed by atoms with Crippen molar-refractivity contribution in [2.45, 2.75) is 31.7 Å². The average Bonchev–Trinajstić information content (AvgIpc) is 3.39. The largest absolute Gasteiger partial charge is 0.450 e. The lowest BCUT2D eigenvalue weighted by Gasteiger charge is -2.22. The fourth-order valence-corrected chi connectivity index (χ4v) is 4.47. The number of carbonyl (C=O) groups excluding carboxylic acids is 1. The maximum atomic E-state index is 12.1. The molecule has 6 nitrogen and oxygen atoms in total. The van der Waals surface area contributed by atoms with Crippen molar-refractivity contribution in [1.82, 2.24) is 19.7 Å². The molecule has 1 saturated heterocycles. The standard InChI is InChI=1S/C21H22N4O2/c1-2-27-20(26)24-9-7-21(14-24)8-10-25-19(21)12-18(23-25)16-11-15-5-3-4-6-17(15)22-13-16/h3-6,11-13H,2,7-10,14H2,1H3. The Labute approximate surface area is 157 Å². The molecule has 0 saturated carbocycles. The minimum atomic E-state index is -0.203. The lowest BCUT2D eigenvalue weighted by atomic mass is 9.82. The molecule has 4 heterocycles. The number of pyridine rings is 1. The zero-order valence-corrected chi connectivity index (χ0v) is 15.4. The second-order valence-corrected chi connectivity index (χ2v) is 7.46. The first kappa shape index (κ1) is 16.3. The van der Waals surface area contributed by atoms with Gasteiger partial charge in [0.05, 0.1) is 17.8 Å². The van der Waals surface area contributed by atoms with Crippen molar-refractivity contribution in [2.24, 2.45) is 0 Å². The smallest absolute Gasteiger partial charge is 0.409 e. The third-order valence-electron chi connectivity index (χ3n) is 5.89. The number of aryl methyl sites for hydroxylation is 1. The van der Waals surface area contributed by atoms with Crippen LogP contribution in [0.5, 0.6) is 0 Å². The highest BCUT2D eigenvalue weighted by atomic mass is 16.6. The van der Waals surface area contributed by atoms with Crippen LogP contribution in [0.2, 0.25) is 0 Å². The van der Waals surface area contributed by atoms with Crippen molar-refractivity contribution in [3.8, 4) is 11.3 Å². The third-order valence-corrected chi connectivity index (χ3v) is 5.89. The van der Waals surface area contributed by atoms with Gasteiger partial charge in [0.15, 0.2) is 0 Å². The summed E-state index contributed by atoms with van der Waals surface area (Å²) in [5, 5.41) is 5.95. The lowest BCUT2D eigenvalue weighted by Crippen LogP contribution is -2.33. The van der Waals surface area contributed by atoms with Gasteiger partial charge in [-0.1, -0.05) is 18.2 Å². The highest BCUT2D eigenvalue weighted by Crippen LogP contribution is 2.43. The third kappa shape index (κ3) is 2.59. The Hall–Kier alpha value is -2.89. The maximum absolute atomic E-state index is 12.1. The quantitative estimate of drug-likeness (QED) is 0.699. The second kappa shape index (κ2) is 6.08. The molecular formula is C21H22N4O2. The van der Waals surface area contributed by atoms with E-state index in [0.717, 1.165) is 48.1 Å². The summed E-state index contributed by atoms with van der Waals surface area (Å²) in [5.41, 5.74) is 4.22. The van der Waals surface area contributed by atoms with E-state index < -0.39 is 0 Å². The molecule has 1 unspecified atom stereocenters. The number of nitrogens with zero attached hydrogens (tertiary/aromatic N) is 4. The van der Waals surface area contributed by atoms with Crippen LogP contribution in [-0.4, -0.2) is 45.5 Å². The van der Waals surface area contributed by atoms with E-state index in [9.17, 15) is 4.79 Å². The maximum Gasteiger partial charge on any atom is 0.409 e. The Morgan fingerprint density at radius 2 is 2.07 bits per heavy atom. The van der Waals surface area contributed by atoms with Gasteiger partial charge in [-0.05, 0) is 38.0 Å². The SMILES string of the molecule is CCOC(=O)N1CCC2(CCn3nc(-c4cnc5ccccc5c4)cc32)C1. The van der Waals surface area contributed by atoms with E-state index >= 15 is 0 Å². The molecule has 0 aliphatic carbocycles. The molecule has 0 bridgehead atoms. The van der Waals surface area contributed by atoms with E-state index in [2.05, 4.69) is 27.9 Å². The number of ether oxygens (including phenoxy) is 1. The van der Waals surface area contributed by atoms with Gasteiger partial charge in [-0.25, -0.2) is 4.79 Å². The summed E-state index contributed by atoms with van der Waals surface area (Å²) < 4.78 is 7.30. The first-order chi connectivity index (χ1) is 13.2. The topological polar surface area (TPSA) is 60.2 Å². The molecule has 0 N–H and O–H groups in total. The molecule has 6 heteroatoms. The van der Waals surface area contributed by atoms with E-state index in [0.29, 0.717) is 13.2 Å². The van der Waals surface area contributed by atoms with Crippen molar-refractivity contribution in [3.63, 3.8) is 0 Å². The van der Waals surface area contributed by atoms with Crippen LogP contribution in [0.25, 0.3) is 22.2 Å². The summed E-state index contributed by atoms with van der Waals surface area (Å²) in [6, 6.07) is 12.5. The fraction of sp³-hybridized carbons (Fsp3) is 0.381. The second-order valence-electron chi connectivity index (χ2n) is 7.46. The molecule has 2 aliphatic rings. The van der Waals surface area contributed by atoms with Crippen molar-refractivity contribution in [3.05, 3.63) is 48.3 Å². The molecule has 3 aromatic rings. The van der Waals surface area contributed by atoms with Crippen LogP contribution in [0.1, 0.15) is 25.5 Å². The predicted octanol–water partition coefficient (Wildman–Crippen LogP) is 3.60. The van der Waals surface area contributed by atoms with Gasteiger partial charge in [0.25, 0.3) is 0 Å². The van der Waals surface area contributed by atoms with Crippen LogP contribution in [0.15, 0.2) is 42.6 Å². The predicted molar refractivity (Wildman–Crippen MR) is 102 cm³/mol. The van der Waals surface area contributed by atoms with E-state index in [1.807, 2.05) is 36.2 Å². The Morgan fingerprint density at radius 1 is 1.22 bits per heavy atom. The summed E-state index contributed by atoms with van der Waals surface area (Å²) in [4.78, 5) is 18.5. The van der Waals surface area contributed by atoms with Crippen LogP contribution >= 0.6 is 0 Å². The van der Waals surface area contributed by atoms with Gasteiger partial charge in [0, 0.05) is 47.9 Å². The average molecular weight is 362 g/mol. The molecule has 1 atom stereocenters. The van der Waals surface area contributed by atoms with Crippen LogP contribution < -0.4 is 0 Å². The normalized spacial score (nSPS) is 21.1. The molecule has 138 valence electrons. The van der Waals surface area contributed by atoms with Crippen molar-refractivity contribution in [1.29, 1.82) is 0 Å². The van der Waals surface area contributed by atoms with Crippen LogP contribution in [0.3, 0.4) is 0 Å². The first-order valence-electron chi connectivity index (χ1n) is 9.54. The van der Waals surface area contributed by atoms with Gasteiger partial charge in [-0.15, -0.1) is 0 Å². The van der Waals surface area contributed by atoms with E-state index in [4.69, 9.17) is 9.84 Å². The molecule has 1 amide bonds. The molecule has 0 radical (unpaired) electrons. The Kier molecular flexibility index (Phi) is 3.67. The first-order valence-corrected chi connectivity index (χ1v) is 9.54. The van der Waals surface area contributed by atoms with Gasteiger partial charge in [0.1, 0.15) is 0 Å². The number of fused-ring (bicyclic) bond motifs is 3. The van der Waals surface area contributed by atoms with Crippen LogP contribution in [0, 0.1) is 0 Å². The number of likely N-dealkylation sites (tertiary alicyclic amines) is 1. The van der Waals surface area contributed by atoms with E-state index in [-0.39, 0.29) is 11.5 Å². The molecule has 27 heavy (non-hydrogen) atoms. The number of aromatic nitrogens is 3. The number of rotatable bonds is 2. The number of benzene rings is 1. The van der Waals surface area contributed by atoms with Gasteiger partial charge >= 0.3 is 6.09 Å². The van der Waals surface area contributed by atoms with Gasteiger partial charge < -0.3 is 9.64 Å². The Balaban J connectivity index is 1.46. The summed E-state index contributed by atoms with van der Waals surface area (Å²) in [5.74, 6) is 0. The Morgan fingerprint density at radius 3 is 2.96 bits per heavy atom. The molecule has 1 fully saturated rings. The number of amides is 1. The highest BCUT2D eigenvalue weighted by Gasteiger charge is 2.47. The summed E-state index contributed by atoms with van der Waals surface area (Å²) in [6.07, 6.45) is 3.69. The summed E-state index contributed by atoms with van der Waals surface area (Å²) in [7, 11) is 0. The molecule has 5 rings (SSSR count). The van der Waals surface area contributed by atoms with E-state index in [1.54, 1.807) is 0 Å². The summed E-state index contributed by atoms with van der Waals surface area (Å²) >= 11 is 0. The molecule has 2 aliphatic heterocycles. The minimum absolute atomic E-state index is 0.00227. The van der Waals surface area contributed by atoms with Gasteiger partial charge in [-0.3, -0.25) is 9.67 Å². The van der Waals surface area contributed by atoms with E-state index in [1.165, 1.54) is 5.69 Å². The van der Waals surface area contributed by atoms with Crippen LogP contribution in [0.4, 0.5) is 4.79 Å². The van der Waals surface area contributed by atoms with Crippen LogP contribution in [-0.2, 0) is 16.7 Å². The molecule has 2 aromatic heterocycles. The highest BCUT2D eigenvalue weighted by molar-refractivity contribution is 5.82. The van der Waals surface area contributed by atoms with Gasteiger partial charge in [-0.2, -0.15) is 5.10 Å². The fourth-order valence-electron chi connectivity index (χ4n) is 4.47. The number of carbonyl (C=O) groups is 1.